The fourth-order valence-corrected chi connectivity index (χ4v) is 7.05. The third-order valence-corrected chi connectivity index (χ3v) is 8.33. The summed E-state index contributed by atoms with van der Waals surface area (Å²) in [4.78, 5) is 6.98. The smallest absolute Gasteiger partial charge is 0.227 e. The van der Waals surface area contributed by atoms with E-state index in [1.54, 1.807) is 17.4 Å². The highest BCUT2D eigenvalue weighted by atomic mass is 32.1. The van der Waals surface area contributed by atoms with E-state index in [0.29, 0.717) is 0 Å². The zero-order valence-electron chi connectivity index (χ0n) is 16.2. The number of hydrogen-bond donors (Lipinski definition) is 0. The summed E-state index contributed by atoms with van der Waals surface area (Å²) in [5.41, 5.74) is 8.28. The van der Waals surface area contributed by atoms with E-state index in [2.05, 4.69) is 62.2 Å². The second-order valence-corrected chi connectivity index (χ2v) is 10.5. The van der Waals surface area contributed by atoms with Crippen LogP contribution in [0.25, 0.3) is 31.8 Å². The van der Waals surface area contributed by atoms with Gasteiger partial charge in [0.05, 0.1) is 12.6 Å². The van der Waals surface area contributed by atoms with Gasteiger partial charge in [-0.3, -0.25) is 0 Å². The summed E-state index contributed by atoms with van der Waals surface area (Å²) >= 11 is 3.53. The Balaban J connectivity index is 1.75. The summed E-state index contributed by atoms with van der Waals surface area (Å²) in [5.74, 6) is 0. The van der Waals surface area contributed by atoms with Crippen LogP contribution in [0.15, 0.2) is 35.3 Å². The van der Waals surface area contributed by atoms with Crippen molar-refractivity contribution in [3.05, 3.63) is 73.9 Å². The second-order valence-electron chi connectivity index (χ2n) is 8.50. The lowest BCUT2D eigenvalue weighted by Crippen LogP contribution is -2.16. The summed E-state index contributed by atoms with van der Waals surface area (Å²) in [6.45, 7) is 16.3. The molecular weight excluding hydrogens is 380 g/mol. The van der Waals surface area contributed by atoms with E-state index in [-0.39, 0.29) is 16.5 Å². The highest BCUT2D eigenvalue weighted by Gasteiger charge is 2.42. The van der Waals surface area contributed by atoms with Crippen LogP contribution in [0.4, 0.5) is 0 Å². The Morgan fingerprint density at radius 2 is 1.64 bits per heavy atom. The van der Waals surface area contributed by atoms with Gasteiger partial charge in [0.1, 0.15) is 0 Å². The quantitative estimate of drug-likeness (QED) is 0.314. The van der Waals surface area contributed by atoms with Gasteiger partial charge in [-0.1, -0.05) is 27.7 Å². The van der Waals surface area contributed by atoms with E-state index in [1.165, 1.54) is 43.1 Å². The summed E-state index contributed by atoms with van der Waals surface area (Å²) in [5, 5.41) is 11.3. The van der Waals surface area contributed by atoms with Gasteiger partial charge in [-0.25, -0.2) is 10.1 Å². The lowest BCUT2D eigenvalue weighted by atomic mass is 9.79. The van der Waals surface area contributed by atoms with Gasteiger partial charge in [0.2, 0.25) is 0 Å². The Bertz CT molecular complexity index is 1270. The molecule has 0 unspecified atom stereocenters. The predicted octanol–water partition coefficient (Wildman–Crippen LogP) is 7.21. The number of benzene rings is 1. The minimum atomic E-state index is -0.0860. The first-order valence-electron chi connectivity index (χ1n) is 9.20. The number of rotatable bonds is 1. The molecule has 4 heteroatoms. The Morgan fingerprint density at radius 3 is 2.29 bits per heavy atom. The van der Waals surface area contributed by atoms with Crippen LogP contribution < -0.4 is 0 Å². The van der Waals surface area contributed by atoms with Gasteiger partial charge >= 0.3 is 0 Å². The zero-order valence-corrected chi connectivity index (χ0v) is 17.8. The van der Waals surface area contributed by atoms with Crippen LogP contribution in [0, 0.1) is 17.9 Å². The van der Waals surface area contributed by atoms with Crippen LogP contribution in [-0.2, 0) is 10.8 Å². The average molecular weight is 399 g/mol. The molecule has 0 saturated heterocycles. The van der Waals surface area contributed by atoms with Crippen LogP contribution in [0.3, 0.4) is 0 Å². The van der Waals surface area contributed by atoms with Crippen LogP contribution in [0.2, 0.25) is 0 Å². The van der Waals surface area contributed by atoms with Crippen LogP contribution in [0.1, 0.15) is 54.8 Å². The lowest BCUT2D eigenvalue weighted by molar-refractivity contribution is 0.653. The highest BCUT2D eigenvalue weighted by molar-refractivity contribution is 7.16. The van der Waals surface area contributed by atoms with Crippen molar-refractivity contribution in [3.8, 4) is 27.0 Å². The van der Waals surface area contributed by atoms with E-state index in [9.17, 15) is 0 Å². The zero-order chi connectivity index (χ0) is 19.8. The molecule has 2 aliphatic carbocycles. The minimum absolute atomic E-state index is 0.0185. The Morgan fingerprint density at radius 1 is 1.00 bits per heavy atom. The highest BCUT2D eigenvalue weighted by Crippen LogP contribution is 2.58. The van der Waals surface area contributed by atoms with Gasteiger partial charge in [-0.15, -0.1) is 22.7 Å². The van der Waals surface area contributed by atoms with E-state index in [4.69, 9.17) is 11.8 Å². The van der Waals surface area contributed by atoms with Crippen molar-refractivity contribution in [2.45, 2.75) is 38.5 Å². The fraction of sp³-hybridized carbons (Fsp3) is 0.250. The van der Waals surface area contributed by atoms with E-state index in [0.717, 1.165) is 4.88 Å². The number of allylic oxidation sites excluding steroid dienone is 1. The first-order valence-corrected chi connectivity index (χ1v) is 10.9. The van der Waals surface area contributed by atoms with E-state index < -0.39 is 0 Å². The van der Waals surface area contributed by atoms with Crippen molar-refractivity contribution < 1.29 is 0 Å². The second kappa shape index (κ2) is 5.45. The molecule has 2 heterocycles. The van der Waals surface area contributed by atoms with Crippen molar-refractivity contribution in [2.75, 3.05) is 0 Å². The summed E-state index contributed by atoms with van der Waals surface area (Å²) in [6, 6.07) is 11.2. The number of nitrogens with zero attached hydrogens (tertiary/aromatic N) is 2. The Kier molecular flexibility index (Phi) is 3.39. The third kappa shape index (κ3) is 2.05. The SMILES string of the molecule is [C-]#[N+]/C(C#N)=C/c1cc2c(s1)-c1cc3c(cc1C2(C)C)-c1sccc1C3(C)C. The molecule has 5 rings (SSSR count). The summed E-state index contributed by atoms with van der Waals surface area (Å²) < 4.78 is 0. The molecule has 0 N–H and O–H groups in total. The van der Waals surface area contributed by atoms with Gasteiger partial charge in [-0.2, -0.15) is 0 Å². The van der Waals surface area contributed by atoms with Gasteiger partial charge in [0, 0.05) is 25.5 Å². The van der Waals surface area contributed by atoms with Crippen molar-refractivity contribution in [1.82, 2.24) is 0 Å². The predicted molar refractivity (Wildman–Crippen MR) is 118 cm³/mol. The molecule has 0 atom stereocenters. The molecule has 0 spiro atoms. The maximum absolute atomic E-state index is 9.10. The number of nitriles is 1. The van der Waals surface area contributed by atoms with Crippen molar-refractivity contribution in [3.63, 3.8) is 0 Å². The van der Waals surface area contributed by atoms with Crippen LogP contribution in [-0.4, -0.2) is 0 Å². The normalized spacial score (nSPS) is 17.3. The summed E-state index contributed by atoms with van der Waals surface area (Å²) in [6.07, 6.45) is 1.71. The van der Waals surface area contributed by atoms with E-state index >= 15 is 0 Å². The molecule has 2 aromatic heterocycles. The van der Waals surface area contributed by atoms with Gasteiger partial charge in [0.25, 0.3) is 5.70 Å². The maximum atomic E-state index is 9.10. The van der Waals surface area contributed by atoms with Gasteiger partial charge in [-0.05, 0) is 69.1 Å². The lowest BCUT2D eigenvalue weighted by Gasteiger charge is -2.24. The first kappa shape index (κ1) is 17.4. The molecule has 2 nitrogen and oxygen atoms in total. The first-order chi connectivity index (χ1) is 13.3. The third-order valence-electron chi connectivity index (χ3n) is 6.27. The fourth-order valence-electron chi connectivity index (χ4n) is 4.68. The van der Waals surface area contributed by atoms with Crippen LogP contribution >= 0.6 is 22.7 Å². The molecule has 0 saturated carbocycles. The number of fused-ring (bicyclic) bond motifs is 6. The Labute approximate surface area is 173 Å². The molecular formula is C24H18N2S2. The minimum Gasteiger partial charge on any atom is -0.227 e. The molecule has 0 fully saturated rings. The van der Waals surface area contributed by atoms with Crippen molar-refractivity contribution >= 4 is 28.7 Å². The number of hydrogen-bond acceptors (Lipinski definition) is 3. The van der Waals surface area contributed by atoms with Crippen LogP contribution in [0.5, 0.6) is 0 Å². The van der Waals surface area contributed by atoms with Gasteiger partial charge < -0.3 is 0 Å². The van der Waals surface area contributed by atoms with Crippen molar-refractivity contribution in [2.24, 2.45) is 0 Å². The maximum Gasteiger partial charge on any atom is 0.263 e. The van der Waals surface area contributed by atoms with Gasteiger partial charge in [0.15, 0.2) is 0 Å². The number of thiophene rings is 2. The molecule has 3 aromatic rings. The molecule has 28 heavy (non-hydrogen) atoms. The molecule has 0 aliphatic heterocycles. The molecule has 2 aliphatic rings. The molecule has 0 radical (unpaired) electrons. The summed E-state index contributed by atoms with van der Waals surface area (Å²) in [7, 11) is 0. The molecule has 136 valence electrons. The average Bonchev–Trinajstić information content (AvgIpc) is 3.38. The van der Waals surface area contributed by atoms with Crippen molar-refractivity contribution in [1.29, 1.82) is 5.26 Å². The molecule has 1 aromatic carbocycles. The monoisotopic (exact) mass is 398 g/mol. The Hall–Kier alpha value is -2.66. The largest absolute Gasteiger partial charge is 0.263 e. The topological polar surface area (TPSA) is 28.1 Å². The molecule has 0 bridgehead atoms. The molecule has 0 amide bonds. The van der Waals surface area contributed by atoms with E-state index in [1.807, 2.05) is 17.4 Å². The standard InChI is InChI=1S/C24H18N2S2/c1-23(2)17-6-7-27-21(17)15-10-19-16(11-18(15)23)22-20(24(19,3)4)9-14(28-22)8-13(12-25)26-5/h6-11H,1-4H3/b13-8+.